The van der Waals surface area contributed by atoms with Crippen LogP contribution in [-0.2, 0) is 34.3 Å². The second-order valence-corrected chi connectivity index (χ2v) is 9.01. The number of hydrogen-bond acceptors (Lipinski definition) is 4. The summed E-state index contributed by atoms with van der Waals surface area (Å²) in [7, 11) is -2.03. The van der Waals surface area contributed by atoms with Gasteiger partial charge in [0, 0.05) is 39.0 Å². The molecular weight excluding hydrogens is 433 g/mol. The number of carbonyl (C=O) groups is 1. The summed E-state index contributed by atoms with van der Waals surface area (Å²) in [6.45, 7) is 3.10. The van der Waals surface area contributed by atoms with Gasteiger partial charge in [-0.05, 0) is 24.1 Å². The molecule has 31 heavy (non-hydrogen) atoms. The topological polar surface area (TPSA) is 75.5 Å². The molecule has 0 atom stereocenters. The van der Waals surface area contributed by atoms with E-state index in [1.807, 2.05) is 0 Å². The van der Waals surface area contributed by atoms with Gasteiger partial charge in [0.2, 0.25) is 15.9 Å². The van der Waals surface area contributed by atoms with Crippen molar-refractivity contribution in [2.45, 2.75) is 50.9 Å². The summed E-state index contributed by atoms with van der Waals surface area (Å²) in [5.74, 6) is -0.0967. The Bertz CT molecular complexity index is 968. The van der Waals surface area contributed by atoms with Gasteiger partial charge in [-0.1, -0.05) is 26.0 Å². The van der Waals surface area contributed by atoms with Gasteiger partial charge in [-0.15, -0.1) is 0 Å². The zero-order valence-corrected chi connectivity index (χ0v) is 18.6. The molecule has 0 fully saturated rings. The maximum absolute atomic E-state index is 12.6. The van der Waals surface area contributed by atoms with Gasteiger partial charge < -0.3 is 9.47 Å². The van der Waals surface area contributed by atoms with Crippen LogP contribution in [0.25, 0.3) is 0 Å². The number of rotatable bonds is 10. The van der Waals surface area contributed by atoms with Gasteiger partial charge in [0.1, 0.15) is 12.4 Å². The van der Waals surface area contributed by atoms with Crippen LogP contribution in [0.15, 0.2) is 41.6 Å². The number of alkyl halides is 3. The lowest BCUT2D eigenvalue weighted by Crippen LogP contribution is -2.30. The van der Waals surface area contributed by atoms with Crippen molar-refractivity contribution in [3.8, 4) is 0 Å². The summed E-state index contributed by atoms with van der Waals surface area (Å²) >= 11 is 0. The number of sulfonamides is 1. The average molecular weight is 461 g/mol. The molecule has 0 spiro atoms. The fraction of sp³-hybridized carbons (Fsp3) is 0.500. The van der Waals surface area contributed by atoms with Crippen molar-refractivity contribution in [3.63, 3.8) is 0 Å². The summed E-state index contributed by atoms with van der Waals surface area (Å²) in [6, 6.07) is 6.37. The first-order valence-corrected chi connectivity index (χ1v) is 11.3. The van der Waals surface area contributed by atoms with Crippen LogP contribution in [0.4, 0.5) is 13.2 Å². The fourth-order valence-corrected chi connectivity index (χ4v) is 4.57. The molecule has 0 saturated carbocycles. The van der Waals surface area contributed by atoms with Crippen LogP contribution in [-0.4, -0.2) is 59.4 Å². The number of hydrogen-bond donors (Lipinski definition) is 0. The van der Waals surface area contributed by atoms with E-state index in [1.54, 1.807) is 26.0 Å². The van der Waals surface area contributed by atoms with Gasteiger partial charge >= 0.3 is 6.18 Å². The monoisotopic (exact) mass is 460 g/mol. The molecule has 7 nitrogen and oxygen atoms in total. The molecule has 11 heteroatoms. The summed E-state index contributed by atoms with van der Waals surface area (Å²) in [5.41, 5.74) is 0.791. The molecule has 1 amide bonds. The van der Waals surface area contributed by atoms with Crippen LogP contribution in [0, 0.1) is 0 Å². The Balaban J connectivity index is 1.95. The molecule has 0 bridgehead atoms. The predicted molar refractivity (Wildman–Crippen MR) is 110 cm³/mol. The van der Waals surface area contributed by atoms with Crippen LogP contribution in [0.3, 0.4) is 0 Å². The summed E-state index contributed by atoms with van der Waals surface area (Å²) in [6.07, 6.45) is -1.35. The normalized spacial score (nSPS) is 12.4. The second kappa shape index (κ2) is 10.3. The van der Waals surface area contributed by atoms with Crippen molar-refractivity contribution in [2.75, 3.05) is 20.1 Å². The first-order valence-electron chi connectivity index (χ1n) is 9.87. The van der Waals surface area contributed by atoms with E-state index in [2.05, 4.69) is 4.98 Å². The molecule has 0 aliphatic carbocycles. The van der Waals surface area contributed by atoms with Gasteiger partial charge in [0.05, 0.1) is 11.4 Å². The van der Waals surface area contributed by atoms with Gasteiger partial charge in [-0.2, -0.15) is 17.5 Å². The maximum atomic E-state index is 12.6. The minimum absolute atomic E-state index is 0.0387. The largest absolute Gasteiger partial charge is 0.406 e. The number of aryl methyl sites for hydroxylation is 1. The van der Waals surface area contributed by atoms with E-state index in [9.17, 15) is 26.4 Å². The Hall–Kier alpha value is -2.40. The number of amides is 1. The smallest absolute Gasteiger partial charge is 0.338 e. The van der Waals surface area contributed by atoms with Crippen LogP contribution in [0.2, 0.25) is 0 Å². The Labute approximate surface area is 180 Å². The molecule has 2 aromatic rings. The quantitative estimate of drug-likeness (QED) is 0.546. The third-order valence-electron chi connectivity index (χ3n) is 4.85. The van der Waals surface area contributed by atoms with E-state index < -0.39 is 22.7 Å². The van der Waals surface area contributed by atoms with Crippen molar-refractivity contribution >= 4 is 15.9 Å². The fourth-order valence-electron chi connectivity index (χ4n) is 3.11. The summed E-state index contributed by atoms with van der Waals surface area (Å²) < 4.78 is 65.2. The Morgan fingerprint density at radius 3 is 2.29 bits per heavy atom. The average Bonchev–Trinajstić information content (AvgIpc) is 3.11. The van der Waals surface area contributed by atoms with Crippen molar-refractivity contribution in [3.05, 3.63) is 48.0 Å². The van der Waals surface area contributed by atoms with Crippen LogP contribution in [0.1, 0.15) is 31.7 Å². The Morgan fingerprint density at radius 1 is 1.13 bits per heavy atom. The molecular formula is C20H27F3N4O3S. The molecule has 0 radical (unpaired) electrons. The number of imidazole rings is 1. The first kappa shape index (κ1) is 24.9. The van der Waals surface area contributed by atoms with Crippen molar-refractivity contribution < 1.29 is 26.4 Å². The van der Waals surface area contributed by atoms with Crippen LogP contribution < -0.4 is 0 Å². The van der Waals surface area contributed by atoms with Gasteiger partial charge in [0.25, 0.3) is 0 Å². The van der Waals surface area contributed by atoms with E-state index in [0.29, 0.717) is 19.5 Å². The van der Waals surface area contributed by atoms with Crippen molar-refractivity contribution in [1.29, 1.82) is 0 Å². The molecule has 0 unspecified atom stereocenters. The van der Waals surface area contributed by atoms with E-state index in [-0.39, 0.29) is 29.6 Å². The highest BCUT2D eigenvalue weighted by atomic mass is 32.2. The minimum atomic E-state index is -4.37. The first-order chi connectivity index (χ1) is 14.5. The molecule has 0 aliphatic rings. The molecule has 0 aliphatic heterocycles. The predicted octanol–water partition coefficient (Wildman–Crippen LogP) is 3.07. The van der Waals surface area contributed by atoms with Crippen LogP contribution in [0.5, 0.6) is 0 Å². The third-order valence-corrected chi connectivity index (χ3v) is 6.91. The zero-order chi connectivity index (χ0) is 23.2. The third kappa shape index (κ3) is 6.79. The minimum Gasteiger partial charge on any atom is -0.338 e. The lowest BCUT2D eigenvalue weighted by molar-refractivity contribution is -0.141. The molecule has 1 aromatic carbocycles. The summed E-state index contributed by atoms with van der Waals surface area (Å²) in [5, 5.41) is 0. The maximum Gasteiger partial charge on any atom is 0.406 e. The van der Waals surface area contributed by atoms with Gasteiger partial charge in [0.15, 0.2) is 0 Å². The lowest BCUT2D eigenvalue weighted by Gasteiger charge is -2.19. The second-order valence-electron chi connectivity index (χ2n) is 7.07. The lowest BCUT2D eigenvalue weighted by atomic mass is 10.1. The van der Waals surface area contributed by atoms with E-state index in [0.717, 1.165) is 10.1 Å². The number of halogens is 3. The molecule has 1 heterocycles. The Kier molecular flexibility index (Phi) is 8.24. The molecule has 1 aromatic heterocycles. The van der Waals surface area contributed by atoms with Crippen LogP contribution >= 0.6 is 0 Å². The van der Waals surface area contributed by atoms with E-state index >= 15 is 0 Å². The van der Waals surface area contributed by atoms with E-state index in [4.69, 9.17) is 0 Å². The number of nitrogens with zero attached hydrogens (tertiary/aromatic N) is 4. The number of benzene rings is 1. The van der Waals surface area contributed by atoms with Gasteiger partial charge in [-0.3, -0.25) is 4.79 Å². The van der Waals surface area contributed by atoms with E-state index in [1.165, 1.54) is 40.8 Å². The molecule has 2 rings (SSSR count). The highest BCUT2D eigenvalue weighted by Gasteiger charge is 2.29. The number of carbonyl (C=O) groups excluding carboxylic acids is 1. The molecule has 0 saturated heterocycles. The summed E-state index contributed by atoms with van der Waals surface area (Å²) in [4.78, 5) is 17.8. The van der Waals surface area contributed by atoms with Gasteiger partial charge in [-0.25, -0.2) is 13.4 Å². The SMILES string of the molecule is CCN(CC)S(=O)(=O)c1ccc(CCC(=O)N(C)Cc2nccn2CC(F)(F)F)cc1. The van der Waals surface area contributed by atoms with Crippen molar-refractivity contribution in [2.24, 2.45) is 0 Å². The van der Waals surface area contributed by atoms with Crippen molar-refractivity contribution in [1.82, 2.24) is 18.8 Å². The molecule has 172 valence electrons. The highest BCUT2D eigenvalue weighted by Crippen LogP contribution is 2.19. The number of aromatic nitrogens is 2. The zero-order valence-electron chi connectivity index (χ0n) is 17.8. The Morgan fingerprint density at radius 2 is 1.74 bits per heavy atom. The standard InChI is InChI=1S/C20H27F3N4O3S/c1-4-27(5-2)31(29,30)17-9-6-16(7-10-17)8-11-19(28)25(3)14-18-24-12-13-26(18)15-20(21,22)23/h6-7,9-10,12-13H,4-5,8,11,14-15H2,1-3H3. The molecule has 0 N–H and O–H groups in total. The highest BCUT2D eigenvalue weighted by molar-refractivity contribution is 7.89.